The third-order valence-electron chi connectivity index (χ3n) is 7.02. The second kappa shape index (κ2) is 11.0. The zero-order valence-electron chi connectivity index (χ0n) is 23.6. The summed E-state index contributed by atoms with van der Waals surface area (Å²) >= 11 is 1.34. The monoisotopic (exact) mass is 565 g/mol. The molecule has 1 atom stereocenters. The number of nitrogens with zero attached hydrogens (tertiary/aromatic N) is 4. The normalized spacial score (nSPS) is 17.5. The molecule has 0 saturated carbocycles. The molecule has 5 rings (SSSR count). The number of fused-ring (bicyclic) bond motifs is 1. The number of piperidine rings is 1. The Morgan fingerprint density at radius 2 is 2.00 bits per heavy atom. The molecule has 40 heavy (non-hydrogen) atoms. The lowest BCUT2D eigenvalue weighted by Crippen LogP contribution is -2.47. The smallest absolute Gasteiger partial charge is 0.410 e. The fourth-order valence-corrected chi connectivity index (χ4v) is 5.96. The minimum absolute atomic E-state index is 0.103. The number of benzene rings is 1. The first-order valence-electron chi connectivity index (χ1n) is 13.6. The first-order chi connectivity index (χ1) is 19.0. The summed E-state index contributed by atoms with van der Waals surface area (Å²) in [6.45, 7) is 10.8. The predicted molar refractivity (Wildman–Crippen MR) is 153 cm³/mol. The van der Waals surface area contributed by atoms with Crippen LogP contribution in [0.25, 0.3) is 11.3 Å². The molecule has 2 aliphatic rings. The van der Waals surface area contributed by atoms with E-state index in [2.05, 4.69) is 21.4 Å². The van der Waals surface area contributed by atoms with Crippen LogP contribution in [-0.2, 0) is 16.0 Å². The number of ether oxygens (including phenoxy) is 1. The van der Waals surface area contributed by atoms with Crippen molar-refractivity contribution >= 4 is 40.1 Å². The summed E-state index contributed by atoms with van der Waals surface area (Å²) in [7, 11) is 0. The van der Waals surface area contributed by atoms with Crippen LogP contribution in [0, 0.1) is 19.8 Å². The molecule has 2 aliphatic heterocycles. The van der Waals surface area contributed by atoms with Crippen LogP contribution in [0.3, 0.4) is 0 Å². The zero-order chi connectivity index (χ0) is 28.6. The summed E-state index contributed by atoms with van der Waals surface area (Å²) < 4.78 is 11.0. The van der Waals surface area contributed by atoms with E-state index in [1.54, 1.807) is 18.7 Å². The summed E-state index contributed by atoms with van der Waals surface area (Å²) in [6.07, 6.45) is 2.64. The lowest BCUT2D eigenvalue weighted by Gasteiger charge is -2.38. The second-order valence-corrected chi connectivity index (χ2v) is 12.3. The SMILES string of the molecule is Cc1nc(C)c(C(=O)Nc2nc(-c3ccc4c(c3)CCC(=O)N4CC3CCCN(C(=O)OC(C)(C)C)C3)cs2)o1. The predicted octanol–water partition coefficient (Wildman–Crippen LogP) is 5.59. The maximum atomic E-state index is 13.0. The fraction of sp³-hybridized carbons (Fsp3) is 0.483. The number of hydrogen-bond donors (Lipinski definition) is 1. The van der Waals surface area contributed by atoms with Crippen LogP contribution in [-0.4, -0.2) is 58.0 Å². The van der Waals surface area contributed by atoms with E-state index in [1.807, 2.05) is 43.2 Å². The van der Waals surface area contributed by atoms with Crippen molar-refractivity contribution in [1.82, 2.24) is 14.9 Å². The molecule has 3 amide bonds. The molecule has 1 N–H and O–H groups in total. The van der Waals surface area contributed by atoms with Crippen molar-refractivity contribution in [2.24, 2.45) is 5.92 Å². The Morgan fingerprint density at radius 3 is 2.73 bits per heavy atom. The highest BCUT2D eigenvalue weighted by molar-refractivity contribution is 7.14. The van der Waals surface area contributed by atoms with Crippen molar-refractivity contribution < 1.29 is 23.5 Å². The van der Waals surface area contributed by atoms with E-state index in [-0.39, 0.29) is 29.6 Å². The molecule has 1 unspecified atom stereocenters. The van der Waals surface area contributed by atoms with Crippen molar-refractivity contribution in [2.45, 2.75) is 65.9 Å². The third kappa shape index (κ3) is 6.19. The lowest BCUT2D eigenvalue weighted by molar-refractivity contribution is -0.119. The number of oxazole rings is 1. The molecule has 0 aliphatic carbocycles. The van der Waals surface area contributed by atoms with Gasteiger partial charge in [0.25, 0.3) is 5.91 Å². The molecule has 0 spiro atoms. The van der Waals surface area contributed by atoms with Gasteiger partial charge in [0.05, 0.1) is 11.4 Å². The number of nitrogens with one attached hydrogen (secondary N) is 1. The molecule has 1 aromatic carbocycles. The average Bonchev–Trinajstić information content (AvgIpc) is 3.50. The van der Waals surface area contributed by atoms with Crippen molar-refractivity contribution in [3.8, 4) is 11.3 Å². The molecule has 3 aromatic rings. The topological polar surface area (TPSA) is 118 Å². The summed E-state index contributed by atoms with van der Waals surface area (Å²) in [5, 5.41) is 5.16. The van der Waals surface area contributed by atoms with Gasteiger partial charge in [0, 0.05) is 49.6 Å². The number of likely N-dealkylation sites (tertiary alicyclic amines) is 1. The summed E-state index contributed by atoms with van der Waals surface area (Å²) in [4.78, 5) is 50.6. The Morgan fingerprint density at radius 1 is 1.20 bits per heavy atom. The van der Waals surface area contributed by atoms with E-state index in [0.29, 0.717) is 49.2 Å². The van der Waals surface area contributed by atoms with Gasteiger partial charge in [0.2, 0.25) is 11.7 Å². The molecule has 1 saturated heterocycles. The minimum Gasteiger partial charge on any atom is -0.444 e. The first kappa shape index (κ1) is 27.8. The van der Waals surface area contributed by atoms with Crippen LogP contribution < -0.4 is 10.2 Å². The molecule has 0 radical (unpaired) electrons. The first-order valence-corrected chi connectivity index (χ1v) is 14.5. The highest BCUT2D eigenvalue weighted by Gasteiger charge is 2.32. The van der Waals surface area contributed by atoms with Gasteiger partial charge in [-0.25, -0.2) is 14.8 Å². The van der Waals surface area contributed by atoms with Crippen LogP contribution in [0.4, 0.5) is 15.6 Å². The Kier molecular flexibility index (Phi) is 7.67. The summed E-state index contributed by atoms with van der Waals surface area (Å²) in [5.74, 6) is 0.517. The number of carbonyl (C=O) groups is 3. The number of hydrogen-bond acceptors (Lipinski definition) is 8. The third-order valence-corrected chi connectivity index (χ3v) is 7.78. The van der Waals surface area contributed by atoms with Crippen LogP contribution >= 0.6 is 11.3 Å². The van der Waals surface area contributed by atoms with Crippen LogP contribution in [0.1, 0.15) is 67.7 Å². The van der Waals surface area contributed by atoms with Gasteiger partial charge in [-0.1, -0.05) is 6.07 Å². The van der Waals surface area contributed by atoms with E-state index in [9.17, 15) is 14.4 Å². The maximum absolute atomic E-state index is 13.0. The Labute approximate surface area is 237 Å². The Hall–Kier alpha value is -3.73. The van der Waals surface area contributed by atoms with Crippen molar-refractivity contribution in [3.63, 3.8) is 0 Å². The summed E-state index contributed by atoms with van der Waals surface area (Å²) in [5.41, 5.74) is 3.66. The van der Waals surface area contributed by atoms with Gasteiger partial charge in [-0.3, -0.25) is 14.9 Å². The number of carbonyl (C=O) groups excluding carboxylic acids is 3. The second-order valence-electron chi connectivity index (χ2n) is 11.4. The van der Waals surface area contributed by atoms with Crippen LogP contribution in [0.5, 0.6) is 0 Å². The van der Waals surface area contributed by atoms with Crippen molar-refractivity contribution in [2.75, 3.05) is 29.9 Å². The maximum Gasteiger partial charge on any atom is 0.410 e. The molecule has 2 aromatic heterocycles. The Balaban J connectivity index is 1.27. The zero-order valence-corrected chi connectivity index (χ0v) is 24.4. The molecule has 212 valence electrons. The van der Waals surface area contributed by atoms with E-state index < -0.39 is 5.60 Å². The minimum atomic E-state index is -0.539. The van der Waals surface area contributed by atoms with E-state index in [0.717, 1.165) is 35.3 Å². The van der Waals surface area contributed by atoms with Crippen LogP contribution in [0.15, 0.2) is 28.0 Å². The van der Waals surface area contributed by atoms with Gasteiger partial charge in [0.15, 0.2) is 11.0 Å². The van der Waals surface area contributed by atoms with Gasteiger partial charge >= 0.3 is 6.09 Å². The molecule has 10 nitrogen and oxygen atoms in total. The highest BCUT2D eigenvalue weighted by Crippen LogP contribution is 2.35. The van der Waals surface area contributed by atoms with Crippen molar-refractivity contribution in [1.29, 1.82) is 0 Å². The van der Waals surface area contributed by atoms with Gasteiger partial charge < -0.3 is 19.0 Å². The molecule has 11 heteroatoms. The van der Waals surface area contributed by atoms with E-state index in [4.69, 9.17) is 9.15 Å². The van der Waals surface area contributed by atoms with E-state index in [1.165, 1.54) is 11.3 Å². The number of thiazole rings is 1. The number of anilines is 2. The Bertz CT molecular complexity index is 1440. The largest absolute Gasteiger partial charge is 0.444 e. The average molecular weight is 566 g/mol. The molecule has 0 bridgehead atoms. The molecule has 1 fully saturated rings. The standard InChI is InChI=1S/C29H35N5O5S/c1-17-25(38-18(2)30-17)26(36)32-27-31-22(16-40-27)20-8-10-23-21(13-20)9-11-24(35)34(23)15-19-7-6-12-33(14-19)28(37)39-29(3,4)5/h8,10,13,16,19H,6-7,9,11-12,14-15H2,1-5H3,(H,31,32,36). The van der Waals surface area contributed by atoms with E-state index >= 15 is 0 Å². The summed E-state index contributed by atoms with van der Waals surface area (Å²) in [6, 6.07) is 6.02. The van der Waals surface area contributed by atoms with Gasteiger partial charge in [-0.15, -0.1) is 11.3 Å². The highest BCUT2D eigenvalue weighted by atomic mass is 32.1. The number of rotatable bonds is 5. The fourth-order valence-electron chi connectivity index (χ4n) is 5.24. The number of aromatic nitrogens is 2. The lowest BCUT2D eigenvalue weighted by atomic mass is 9.93. The molecular formula is C29H35N5O5S. The van der Waals surface area contributed by atoms with Crippen LogP contribution in [0.2, 0.25) is 0 Å². The molecular weight excluding hydrogens is 530 g/mol. The van der Waals surface area contributed by atoms with Gasteiger partial charge in [0.1, 0.15) is 5.60 Å². The number of amides is 3. The molecule has 4 heterocycles. The quantitative estimate of drug-likeness (QED) is 0.428. The van der Waals surface area contributed by atoms with Gasteiger partial charge in [-0.05, 0) is 70.6 Å². The number of aryl methyl sites for hydroxylation is 3. The van der Waals surface area contributed by atoms with Gasteiger partial charge in [-0.2, -0.15) is 0 Å². The van der Waals surface area contributed by atoms with Crippen molar-refractivity contribution in [3.05, 3.63) is 46.5 Å².